The molecular weight excluding hydrogens is 320 g/mol. The van der Waals surface area contributed by atoms with E-state index in [1.807, 2.05) is 25.1 Å². The van der Waals surface area contributed by atoms with Gasteiger partial charge in [0.05, 0.1) is 6.10 Å². The zero-order valence-corrected chi connectivity index (χ0v) is 16.3. The molecule has 0 fully saturated rings. The first-order chi connectivity index (χ1) is 11.4. The number of aryl methyl sites for hydroxylation is 1. The Morgan fingerprint density at radius 1 is 1.29 bits per heavy atom. The standard InChI is InChI=1S/C19H30O4Si/c1-6-19(21)22-14-17(20)13-16-10-11-18(15(5)12-16)23-24(7-2,8-3)9-4/h6,10-12,17,20H,1,7-9,13-14H2,2-5H3. The monoisotopic (exact) mass is 350 g/mol. The van der Waals surface area contributed by atoms with Crippen LogP contribution in [0.4, 0.5) is 0 Å². The molecule has 0 aliphatic carbocycles. The molecule has 1 aromatic carbocycles. The number of carbonyl (C=O) groups is 1. The van der Waals surface area contributed by atoms with E-state index >= 15 is 0 Å². The first-order valence-electron chi connectivity index (χ1n) is 8.65. The summed E-state index contributed by atoms with van der Waals surface area (Å²) in [7, 11) is -1.68. The molecule has 0 aliphatic rings. The average molecular weight is 351 g/mol. The second-order valence-corrected chi connectivity index (χ2v) is 10.8. The molecule has 0 bridgehead atoms. The van der Waals surface area contributed by atoms with Gasteiger partial charge in [-0.05, 0) is 42.2 Å². The van der Waals surface area contributed by atoms with Gasteiger partial charge in [-0.25, -0.2) is 4.79 Å². The van der Waals surface area contributed by atoms with Crippen molar-refractivity contribution in [3.63, 3.8) is 0 Å². The molecule has 5 heteroatoms. The zero-order valence-electron chi connectivity index (χ0n) is 15.3. The highest BCUT2D eigenvalue weighted by Gasteiger charge is 2.31. The van der Waals surface area contributed by atoms with Gasteiger partial charge in [0.2, 0.25) is 8.32 Å². The highest BCUT2D eigenvalue weighted by Crippen LogP contribution is 2.28. The van der Waals surface area contributed by atoms with Crippen molar-refractivity contribution in [1.82, 2.24) is 0 Å². The number of aliphatic hydroxyl groups is 1. The number of hydrogen-bond donors (Lipinski definition) is 1. The highest BCUT2D eigenvalue weighted by molar-refractivity contribution is 6.74. The summed E-state index contributed by atoms with van der Waals surface area (Å²) in [5, 5.41) is 9.97. The number of carbonyl (C=O) groups excluding carboxylic acids is 1. The van der Waals surface area contributed by atoms with Crippen molar-refractivity contribution in [3.05, 3.63) is 42.0 Å². The van der Waals surface area contributed by atoms with E-state index in [1.54, 1.807) is 0 Å². The molecule has 4 nitrogen and oxygen atoms in total. The molecule has 0 spiro atoms. The van der Waals surface area contributed by atoms with Gasteiger partial charge in [-0.3, -0.25) is 0 Å². The smallest absolute Gasteiger partial charge is 0.330 e. The average Bonchev–Trinajstić information content (AvgIpc) is 2.59. The predicted octanol–water partition coefficient (Wildman–Crippen LogP) is 4.01. The van der Waals surface area contributed by atoms with Crippen molar-refractivity contribution in [3.8, 4) is 5.75 Å². The lowest BCUT2D eigenvalue weighted by molar-refractivity contribution is -0.140. The third kappa shape index (κ3) is 5.80. The van der Waals surface area contributed by atoms with Crippen molar-refractivity contribution in [2.45, 2.75) is 58.4 Å². The third-order valence-corrected chi connectivity index (χ3v) is 9.07. The lowest BCUT2D eigenvalue weighted by Gasteiger charge is -2.30. The van der Waals surface area contributed by atoms with Crippen LogP contribution in [-0.2, 0) is 16.0 Å². The van der Waals surface area contributed by atoms with E-state index < -0.39 is 20.4 Å². The van der Waals surface area contributed by atoms with E-state index in [4.69, 9.17) is 9.16 Å². The minimum absolute atomic E-state index is 0.0281. The number of aliphatic hydroxyl groups excluding tert-OH is 1. The first-order valence-corrected chi connectivity index (χ1v) is 11.2. The van der Waals surface area contributed by atoms with Gasteiger partial charge in [0, 0.05) is 12.5 Å². The molecule has 1 aromatic rings. The molecule has 1 rings (SSSR count). The molecule has 0 saturated heterocycles. The molecule has 0 radical (unpaired) electrons. The lowest BCUT2D eigenvalue weighted by Crippen LogP contribution is -2.39. The minimum Gasteiger partial charge on any atom is -0.543 e. The van der Waals surface area contributed by atoms with E-state index in [0.717, 1.165) is 41.1 Å². The lowest BCUT2D eigenvalue weighted by atomic mass is 10.1. The Labute approximate surface area is 146 Å². The summed E-state index contributed by atoms with van der Waals surface area (Å²) in [6, 6.07) is 9.32. The van der Waals surface area contributed by atoms with Gasteiger partial charge >= 0.3 is 5.97 Å². The summed E-state index contributed by atoms with van der Waals surface area (Å²) in [5.74, 6) is 0.428. The summed E-state index contributed by atoms with van der Waals surface area (Å²) in [6.45, 7) is 12.0. The summed E-state index contributed by atoms with van der Waals surface area (Å²) >= 11 is 0. The largest absolute Gasteiger partial charge is 0.543 e. The molecule has 1 atom stereocenters. The Morgan fingerprint density at radius 3 is 2.42 bits per heavy atom. The molecular formula is C19H30O4Si. The molecule has 1 unspecified atom stereocenters. The number of esters is 1. The number of benzene rings is 1. The molecule has 134 valence electrons. The summed E-state index contributed by atoms with van der Waals surface area (Å²) in [6.07, 6.45) is 0.799. The van der Waals surface area contributed by atoms with Crippen LogP contribution in [0, 0.1) is 6.92 Å². The molecule has 0 aromatic heterocycles. The van der Waals surface area contributed by atoms with Gasteiger partial charge in [0.1, 0.15) is 12.4 Å². The van der Waals surface area contributed by atoms with Crippen LogP contribution in [0.5, 0.6) is 5.75 Å². The number of ether oxygens (including phenoxy) is 1. The van der Waals surface area contributed by atoms with E-state index in [2.05, 4.69) is 27.4 Å². The minimum atomic E-state index is -1.68. The Hall–Kier alpha value is -1.59. The van der Waals surface area contributed by atoms with Crippen LogP contribution in [0.3, 0.4) is 0 Å². The summed E-state index contributed by atoms with van der Waals surface area (Å²) < 4.78 is 11.3. The van der Waals surface area contributed by atoms with Gasteiger partial charge in [0.15, 0.2) is 0 Å². The first kappa shape index (κ1) is 20.5. The SMILES string of the molecule is C=CC(=O)OCC(O)Cc1ccc(O[Si](CC)(CC)CC)c(C)c1. The van der Waals surface area contributed by atoms with Crippen molar-refractivity contribution < 1.29 is 19.1 Å². The van der Waals surface area contributed by atoms with Gasteiger partial charge in [0.25, 0.3) is 0 Å². The van der Waals surface area contributed by atoms with Crippen LogP contribution in [0.2, 0.25) is 18.1 Å². The molecule has 24 heavy (non-hydrogen) atoms. The van der Waals surface area contributed by atoms with Crippen molar-refractivity contribution >= 4 is 14.3 Å². The fraction of sp³-hybridized carbons (Fsp3) is 0.526. The second kappa shape index (κ2) is 9.64. The van der Waals surface area contributed by atoms with Gasteiger partial charge in [-0.15, -0.1) is 0 Å². The fourth-order valence-electron chi connectivity index (χ4n) is 2.72. The van der Waals surface area contributed by atoms with E-state index in [9.17, 15) is 9.90 Å². The Bertz CT molecular complexity index is 544. The molecule has 1 N–H and O–H groups in total. The molecule has 0 heterocycles. The predicted molar refractivity (Wildman–Crippen MR) is 99.9 cm³/mol. The fourth-order valence-corrected chi connectivity index (χ4v) is 5.35. The van der Waals surface area contributed by atoms with E-state index in [-0.39, 0.29) is 6.61 Å². The number of rotatable bonds is 10. The van der Waals surface area contributed by atoms with Gasteiger partial charge in [-0.1, -0.05) is 39.5 Å². The zero-order chi connectivity index (χ0) is 18.2. The van der Waals surface area contributed by atoms with Crippen molar-refractivity contribution in [2.24, 2.45) is 0 Å². The second-order valence-electron chi connectivity index (χ2n) is 6.14. The Balaban J connectivity index is 2.73. The van der Waals surface area contributed by atoms with Crippen LogP contribution in [-0.4, -0.2) is 32.1 Å². The van der Waals surface area contributed by atoms with Crippen LogP contribution in [0.1, 0.15) is 31.9 Å². The quantitative estimate of drug-likeness (QED) is 0.393. The molecule has 0 saturated carbocycles. The summed E-state index contributed by atoms with van der Waals surface area (Å²) in [5.41, 5.74) is 2.08. The van der Waals surface area contributed by atoms with Crippen LogP contribution >= 0.6 is 0 Å². The Kier molecular flexibility index (Phi) is 8.22. The van der Waals surface area contributed by atoms with Crippen LogP contribution < -0.4 is 4.43 Å². The number of hydrogen-bond acceptors (Lipinski definition) is 4. The summed E-state index contributed by atoms with van der Waals surface area (Å²) in [4.78, 5) is 11.0. The maximum Gasteiger partial charge on any atom is 0.330 e. The Morgan fingerprint density at radius 2 is 1.92 bits per heavy atom. The van der Waals surface area contributed by atoms with Crippen molar-refractivity contribution in [1.29, 1.82) is 0 Å². The van der Waals surface area contributed by atoms with Crippen LogP contribution in [0.15, 0.2) is 30.9 Å². The van der Waals surface area contributed by atoms with Crippen LogP contribution in [0.25, 0.3) is 0 Å². The van der Waals surface area contributed by atoms with E-state index in [1.165, 1.54) is 0 Å². The maximum atomic E-state index is 11.0. The normalized spacial score (nSPS) is 12.5. The van der Waals surface area contributed by atoms with Gasteiger partial charge < -0.3 is 14.3 Å². The molecule has 0 aliphatic heterocycles. The third-order valence-electron chi connectivity index (χ3n) is 4.55. The van der Waals surface area contributed by atoms with E-state index in [0.29, 0.717) is 6.42 Å². The molecule has 0 amide bonds. The highest BCUT2D eigenvalue weighted by atomic mass is 28.4. The topological polar surface area (TPSA) is 55.8 Å². The maximum absolute atomic E-state index is 11.0. The van der Waals surface area contributed by atoms with Gasteiger partial charge in [-0.2, -0.15) is 0 Å². The van der Waals surface area contributed by atoms with Crippen molar-refractivity contribution in [2.75, 3.05) is 6.61 Å².